The smallest absolute Gasteiger partial charge is 0.318 e. The van der Waals surface area contributed by atoms with E-state index in [0.29, 0.717) is 11.8 Å². The molecule has 3 N–H and O–H groups in total. The van der Waals surface area contributed by atoms with E-state index in [1.54, 1.807) is 19.0 Å². The number of nitro groups is 2. The quantitative estimate of drug-likeness (QED) is 0.237. The highest BCUT2D eigenvalue weighted by atomic mass is 35.5. The SMILES string of the molecule is CN(C)c1nc(N/N=C\c2cc([N+](=O)[O-])cc([N+](=O)[O-])c2O)nc(Nc2ccc(F)cc2)n1.Cl. The first-order chi connectivity index (χ1) is 15.6. The van der Waals surface area contributed by atoms with E-state index in [2.05, 4.69) is 30.8 Å². The second-order valence-electron chi connectivity index (χ2n) is 6.60. The van der Waals surface area contributed by atoms with E-state index >= 15 is 0 Å². The molecule has 0 bridgehead atoms. The van der Waals surface area contributed by atoms with Gasteiger partial charge in [0.25, 0.3) is 5.69 Å². The molecule has 1 aromatic heterocycles. The predicted octanol–water partition coefficient (Wildman–Crippen LogP) is 3.21. The Labute approximate surface area is 196 Å². The van der Waals surface area contributed by atoms with Crippen LogP contribution in [-0.4, -0.2) is 50.2 Å². The van der Waals surface area contributed by atoms with Gasteiger partial charge in [-0.1, -0.05) is 0 Å². The molecular formula is C18H17ClFN9O5. The average Bonchev–Trinajstić information content (AvgIpc) is 2.76. The van der Waals surface area contributed by atoms with E-state index in [-0.39, 0.29) is 35.8 Å². The number of hydrogen-bond acceptors (Lipinski definition) is 12. The van der Waals surface area contributed by atoms with Crippen molar-refractivity contribution in [3.63, 3.8) is 0 Å². The van der Waals surface area contributed by atoms with Gasteiger partial charge in [-0.3, -0.25) is 20.2 Å². The molecule has 3 rings (SSSR count). The number of nitrogens with one attached hydrogen (secondary N) is 2. The largest absolute Gasteiger partial charge is 0.502 e. The van der Waals surface area contributed by atoms with Crippen molar-refractivity contribution in [2.24, 2.45) is 5.10 Å². The normalized spacial score (nSPS) is 10.4. The van der Waals surface area contributed by atoms with E-state index in [1.165, 1.54) is 24.3 Å². The molecule has 0 fully saturated rings. The molecule has 3 aromatic rings. The van der Waals surface area contributed by atoms with Gasteiger partial charge >= 0.3 is 5.69 Å². The average molecular weight is 494 g/mol. The van der Waals surface area contributed by atoms with E-state index in [0.717, 1.165) is 12.3 Å². The summed E-state index contributed by atoms with van der Waals surface area (Å²) in [6.07, 6.45) is 0.946. The second-order valence-corrected chi connectivity index (χ2v) is 6.60. The molecule has 2 aromatic carbocycles. The molecular weight excluding hydrogens is 477 g/mol. The fourth-order valence-electron chi connectivity index (χ4n) is 2.46. The third-order valence-electron chi connectivity index (χ3n) is 4.00. The van der Waals surface area contributed by atoms with Crippen LogP contribution in [0.1, 0.15) is 5.56 Å². The van der Waals surface area contributed by atoms with E-state index in [9.17, 15) is 29.7 Å². The number of hydrazone groups is 1. The molecule has 178 valence electrons. The van der Waals surface area contributed by atoms with Crippen molar-refractivity contribution < 1.29 is 19.3 Å². The maximum atomic E-state index is 13.1. The number of non-ortho nitro benzene ring substituents is 1. The summed E-state index contributed by atoms with van der Waals surface area (Å²) in [6, 6.07) is 7.04. The highest BCUT2D eigenvalue weighted by Crippen LogP contribution is 2.33. The highest BCUT2D eigenvalue weighted by molar-refractivity contribution is 5.87. The number of aromatic hydroxyl groups is 1. The van der Waals surface area contributed by atoms with Crippen molar-refractivity contribution >= 4 is 53.5 Å². The van der Waals surface area contributed by atoms with Crippen LogP contribution >= 0.6 is 12.4 Å². The third kappa shape index (κ3) is 6.19. The van der Waals surface area contributed by atoms with Crippen LogP contribution in [0.3, 0.4) is 0 Å². The maximum Gasteiger partial charge on any atom is 0.318 e. The van der Waals surface area contributed by atoms with Crippen LogP contribution in [0.2, 0.25) is 0 Å². The number of phenolic OH excluding ortho intramolecular Hbond substituents is 1. The summed E-state index contributed by atoms with van der Waals surface area (Å²) in [5.41, 5.74) is 1.28. The summed E-state index contributed by atoms with van der Waals surface area (Å²) in [4.78, 5) is 34.3. The summed E-state index contributed by atoms with van der Waals surface area (Å²) >= 11 is 0. The summed E-state index contributed by atoms with van der Waals surface area (Å²) in [6.45, 7) is 0. The number of anilines is 4. The Morgan fingerprint density at radius 3 is 2.29 bits per heavy atom. The number of rotatable bonds is 8. The van der Waals surface area contributed by atoms with Crippen molar-refractivity contribution in [3.8, 4) is 5.75 Å². The Balaban J connectivity index is 0.00000408. The topological polar surface area (TPSA) is 185 Å². The van der Waals surface area contributed by atoms with Gasteiger partial charge in [-0.15, -0.1) is 12.4 Å². The minimum atomic E-state index is -0.949. The van der Waals surface area contributed by atoms with Crippen LogP contribution in [0.25, 0.3) is 0 Å². The fourth-order valence-corrected chi connectivity index (χ4v) is 2.46. The first-order valence-electron chi connectivity index (χ1n) is 9.05. The summed E-state index contributed by atoms with van der Waals surface area (Å²) in [5.74, 6) is -0.909. The van der Waals surface area contributed by atoms with Crippen molar-refractivity contribution in [2.45, 2.75) is 0 Å². The van der Waals surface area contributed by atoms with E-state index in [4.69, 9.17) is 0 Å². The Hall–Kier alpha value is -4.66. The number of nitrogens with zero attached hydrogens (tertiary/aromatic N) is 7. The molecule has 0 aliphatic rings. The van der Waals surface area contributed by atoms with Gasteiger partial charge in [0.2, 0.25) is 23.6 Å². The molecule has 0 aliphatic carbocycles. The van der Waals surface area contributed by atoms with Crippen LogP contribution in [0.5, 0.6) is 5.75 Å². The number of hydrogen-bond donors (Lipinski definition) is 3. The van der Waals surface area contributed by atoms with Gasteiger partial charge in [0, 0.05) is 25.8 Å². The van der Waals surface area contributed by atoms with Crippen LogP contribution in [0.4, 0.5) is 39.3 Å². The lowest BCUT2D eigenvalue weighted by Crippen LogP contribution is -2.15. The van der Waals surface area contributed by atoms with Gasteiger partial charge in [0.15, 0.2) is 0 Å². The molecule has 0 saturated carbocycles. The van der Waals surface area contributed by atoms with Crippen LogP contribution in [0.15, 0.2) is 41.5 Å². The fraction of sp³-hybridized carbons (Fsp3) is 0.111. The van der Waals surface area contributed by atoms with Crippen LogP contribution in [-0.2, 0) is 0 Å². The molecule has 0 aliphatic heterocycles. The molecule has 34 heavy (non-hydrogen) atoms. The molecule has 1 heterocycles. The number of benzene rings is 2. The zero-order chi connectivity index (χ0) is 24.1. The van der Waals surface area contributed by atoms with Gasteiger partial charge in [-0.25, -0.2) is 9.82 Å². The minimum Gasteiger partial charge on any atom is -0.502 e. The molecule has 0 spiro atoms. The van der Waals surface area contributed by atoms with Crippen molar-refractivity contribution in [1.29, 1.82) is 0 Å². The van der Waals surface area contributed by atoms with Gasteiger partial charge in [-0.05, 0) is 24.3 Å². The lowest BCUT2D eigenvalue weighted by molar-refractivity contribution is -0.394. The third-order valence-corrected chi connectivity index (χ3v) is 4.00. The Kier molecular flexibility index (Phi) is 8.11. The van der Waals surface area contributed by atoms with Gasteiger partial charge in [0.05, 0.1) is 27.7 Å². The van der Waals surface area contributed by atoms with Gasteiger partial charge < -0.3 is 15.3 Å². The first kappa shape index (κ1) is 25.6. The molecule has 14 nitrogen and oxygen atoms in total. The van der Waals surface area contributed by atoms with Crippen molar-refractivity contribution in [2.75, 3.05) is 29.7 Å². The van der Waals surface area contributed by atoms with Gasteiger partial charge in [-0.2, -0.15) is 20.1 Å². The summed E-state index contributed by atoms with van der Waals surface area (Å²) in [7, 11) is 3.37. The maximum absolute atomic E-state index is 13.1. The molecule has 0 atom stereocenters. The number of aromatic nitrogens is 3. The second kappa shape index (κ2) is 10.8. The lowest BCUT2D eigenvalue weighted by Gasteiger charge is -2.13. The molecule has 0 saturated heterocycles. The Morgan fingerprint density at radius 1 is 1.06 bits per heavy atom. The zero-order valence-corrected chi connectivity index (χ0v) is 18.4. The first-order valence-corrected chi connectivity index (χ1v) is 9.05. The predicted molar refractivity (Wildman–Crippen MR) is 124 cm³/mol. The number of phenols is 1. The van der Waals surface area contributed by atoms with Gasteiger partial charge in [0.1, 0.15) is 5.82 Å². The highest BCUT2D eigenvalue weighted by Gasteiger charge is 2.23. The van der Waals surface area contributed by atoms with Crippen LogP contribution < -0.4 is 15.6 Å². The number of nitro benzene ring substituents is 2. The molecule has 0 amide bonds. The number of halogens is 2. The minimum absolute atomic E-state index is 0. The Morgan fingerprint density at radius 2 is 1.71 bits per heavy atom. The molecule has 16 heteroatoms. The van der Waals surface area contributed by atoms with Crippen molar-refractivity contribution in [1.82, 2.24) is 15.0 Å². The Bertz CT molecular complexity index is 1240. The summed E-state index contributed by atoms with van der Waals surface area (Å²) in [5, 5.41) is 38.8. The monoisotopic (exact) mass is 493 g/mol. The van der Waals surface area contributed by atoms with Crippen LogP contribution in [0, 0.1) is 26.0 Å². The molecule has 0 unspecified atom stereocenters. The van der Waals surface area contributed by atoms with E-state index < -0.39 is 32.8 Å². The standard InChI is InChI=1S/C18H16FN9O5.ClH/c1-26(2)18-23-16(21-12-5-3-11(19)4-6-12)22-17(24-18)25-20-9-10-7-13(27(30)31)8-14(15(10)29)28(32)33;/h3-9,29H,1-2H3,(H2,21,22,23,24,25);1H/b20-9-;. The van der Waals surface area contributed by atoms with E-state index in [1.807, 2.05) is 0 Å². The molecule has 0 radical (unpaired) electrons. The lowest BCUT2D eigenvalue weighted by atomic mass is 10.1. The zero-order valence-electron chi connectivity index (χ0n) is 17.5. The summed E-state index contributed by atoms with van der Waals surface area (Å²) < 4.78 is 13.1. The van der Waals surface area contributed by atoms with Crippen molar-refractivity contribution in [3.05, 3.63) is 68.0 Å².